The normalized spacial score (nSPS) is 18.4. The Morgan fingerprint density at radius 2 is 1.79 bits per heavy atom. The maximum absolute atomic E-state index is 13.6. The lowest BCUT2D eigenvalue weighted by Crippen LogP contribution is -2.45. The number of morpholine rings is 1. The highest BCUT2D eigenvalue weighted by atomic mass is 32.2. The molecule has 0 radical (unpaired) electrons. The molecular weight excluding hydrogens is 554 g/mol. The SMILES string of the molecule is Cc1cc(C)c(CNC(=O)c2c(C)n([C@H](C)C3CCN(S(=O)(=O)CCN4CCOCC4)CC3)c3ccccc23)c(=O)[nH]1. The van der Waals surface area contributed by atoms with Crippen LogP contribution >= 0.6 is 0 Å². The number of aromatic amines is 1. The second-order valence-electron chi connectivity index (χ2n) is 11.7. The van der Waals surface area contributed by atoms with E-state index in [1.54, 1.807) is 4.31 Å². The number of fused-ring (bicyclic) bond motifs is 1. The third kappa shape index (κ3) is 6.34. The summed E-state index contributed by atoms with van der Waals surface area (Å²) in [5.41, 5.74) is 4.47. The standard InChI is InChI=1S/C31H43N5O5S/c1-21-19-22(2)33-30(37)27(21)20-32-31(38)29-24(4)36(28-8-6-5-7-26(28)29)23(3)25-9-11-35(12-10-25)42(39,40)18-15-34-13-16-41-17-14-34/h5-8,19,23,25H,9-18,20H2,1-4H3,(H,32,38)(H,33,37)/t23-/m1/s1. The predicted molar refractivity (Wildman–Crippen MR) is 164 cm³/mol. The van der Waals surface area contributed by atoms with Crippen molar-refractivity contribution in [2.75, 3.05) is 51.7 Å². The lowest BCUT2D eigenvalue weighted by Gasteiger charge is -2.36. The molecule has 2 aliphatic rings. The molecule has 1 aromatic carbocycles. The van der Waals surface area contributed by atoms with Crippen LogP contribution in [0.1, 0.15) is 58.7 Å². The van der Waals surface area contributed by atoms with Gasteiger partial charge in [-0.25, -0.2) is 12.7 Å². The van der Waals surface area contributed by atoms with Crippen LogP contribution in [0.25, 0.3) is 10.9 Å². The van der Waals surface area contributed by atoms with Crippen molar-refractivity contribution in [3.05, 3.63) is 68.8 Å². The number of amides is 1. The minimum absolute atomic E-state index is 0.0804. The topological polar surface area (TPSA) is 117 Å². The number of aryl methyl sites for hydroxylation is 2. The number of hydrogen-bond donors (Lipinski definition) is 2. The first-order chi connectivity index (χ1) is 20.1. The first-order valence-electron chi connectivity index (χ1n) is 14.9. The fourth-order valence-corrected chi connectivity index (χ4v) is 8.12. The second kappa shape index (κ2) is 12.7. The number of sulfonamides is 1. The Morgan fingerprint density at radius 1 is 1.10 bits per heavy atom. The summed E-state index contributed by atoms with van der Waals surface area (Å²) in [5.74, 6) is 0.200. The van der Waals surface area contributed by atoms with Crippen LogP contribution in [0.4, 0.5) is 0 Å². The summed E-state index contributed by atoms with van der Waals surface area (Å²) < 4.78 is 35.5. The Morgan fingerprint density at radius 3 is 2.48 bits per heavy atom. The number of pyridine rings is 1. The smallest absolute Gasteiger partial charge is 0.254 e. The molecule has 1 atom stereocenters. The number of benzene rings is 1. The highest BCUT2D eigenvalue weighted by Gasteiger charge is 2.33. The molecule has 1 amide bonds. The zero-order valence-electron chi connectivity index (χ0n) is 25.1. The number of nitrogens with zero attached hydrogens (tertiary/aromatic N) is 3. The summed E-state index contributed by atoms with van der Waals surface area (Å²) in [5, 5.41) is 3.86. The van der Waals surface area contributed by atoms with Gasteiger partial charge < -0.3 is 19.6 Å². The van der Waals surface area contributed by atoms with Crippen molar-refractivity contribution in [1.82, 2.24) is 24.1 Å². The second-order valence-corrected chi connectivity index (χ2v) is 13.8. The summed E-state index contributed by atoms with van der Waals surface area (Å²) in [6.07, 6.45) is 1.53. The quantitative estimate of drug-likeness (QED) is 0.392. The molecule has 228 valence electrons. The number of carbonyl (C=O) groups is 1. The Hall–Kier alpha value is -2.99. The van der Waals surface area contributed by atoms with Crippen LogP contribution in [0.3, 0.4) is 0 Å². The van der Waals surface area contributed by atoms with Gasteiger partial charge in [-0.05, 0) is 64.2 Å². The third-order valence-electron chi connectivity index (χ3n) is 9.05. The van der Waals surface area contributed by atoms with E-state index < -0.39 is 10.0 Å². The van der Waals surface area contributed by atoms with Crippen LogP contribution in [0.15, 0.2) is 35.1 Å². The lowest BCUT2D eigenvalue weighted by molar-refractivity contribution is 0.0406. The van der Waals surface area contributed by atoms with Crippen LogP contribution in [0, 0.1) is 26.7 Å². The van der Waals surface area contributed by atoms with Crippen molar-refractivity contribution in [3.8, 4) is 0 Å². The Bertz CT molecular complexity index is 1600. The number of ether oxygens (including phenoxy) is 1. The fraction of sp³-hybridized carbons (Fsp3) is 0.548. The Kier molecular flexibility index (Phi) is 9.22. The molecule has 0 spiro atoms. The van der Waals surface area contributed by atoms with Crippen LogP contribution in [-0.2, 0) is 21.3 Å². The van der Waals surface area contributed by atoms with Crippen LogP contribution in [0.2, 0.25) is 0 Å². The monoisotopic (exact) mass is 597 g/mol. The van der Waals surface area contributed by atoms with Gasteiger partial charge in [0.25, 0.3) is 11.5 Å². The van der Waals surface area contributed by atoms with E-state index in [-0.39, 0.29) is 35.7 Å². The zero-order valence-corrected chi connectivity index (χ0v) is 25.9. The molecule has 2 aliphatic heterocycles. The van der Waals surface area contributed by atoms with Gasteiger partial charge in [-0.1, -0.05) is 18.2 Å². The molecule has 2 aromatic heterocycles. The molecule has 2 fully saturated rings. The van der Waals surface area contributed by atoms with Crippen LogP contribution < -0.4 is 10.9 Å². The van der Waals surface area contributed by atoms with Crippen molar-refractivity contribution in [3.63, 3.8) is 0 Å². The molecule has 2 N–H and O–H groups in total. The van der Waals surface area contributed by atoms with Gasteiger partial charge in [0.2, 0.25) is 10.0 Å². The largest absolute Gasteiger partial charge is 0.379 e. The average Bonchev–Trinajstić information content (AvgIpc) is 3.27. The molecule has 4 heterocycles. The summed E-state index contributed by atoms with van der Waals surface area (Å²) in [6.45, 7) is 12.4. The van der Waals surface area contributed by atoms with Crippen LogP contribution in [-0.4, -0.2) is 84.8 Å². The number of rotatable bonds is 9. The lowest BCUT2D eigenvalue weighted by atomic mass is 9.91. The average molecular weight is 598 g/mol. The Labute approximate surface area is 248 Å². The van der Waals surface area contributed by atoms with Gasteiger partial charge in [0, 0.05) is 73.2 Å². The molecule has 11 heteroatoms. The number of piperidine rings is 1. The fourth-order valence-electron chi connectivity index (χ4n) is 6.61. The van der Waals surface area contributed by atoms with Gasteiger partial charge in [-0.3, -0.25) is 14.5 Å². The van der Waals surface area contributed by atoms with Gasteiger partial charge in [0.1, 0.15) is 0 Å². The van der Waals surface area contributed by atoms with E-state index in [4.69, 9.17) is 4.74 Å². The molecule has 0 saturated carbocycles. The molecule has 5 rings (SSSR count). The summed E-state index contributed by atoms with van der Waals surface area (Å²) in [7, 11) is -3.32. The summed E-state index contributed by atoms with van der Waals surface area (Å²) in [6, 6.07) is 9.90. The highest BCUT2D eigenvalue weighted by Crippen LogP contribution is 2.36. The predicted octanol–water partition coefficient (Wildman–Crippen LogP) is 3.12. The number of H-pyrrole nitrogens is 1. The first kappa shape index (κ1) is 30.5. The van der Waals surface area contributed by atoms with E-state index in [9.17, 15) is 18.0 Å². The number of para-hydroxylation sites is 1. The van der Waals surface area contributed by atoms with Crippen molar-refractivity contribution in [2.45, 2.75) is 53.1 Å². The van der Waals surface area contributed by atoms with Crippen molar-refractivity contribution in [1.29, 1.82) is 0 Å². The van der Waals surface area contributed by atoms with Gasteiger partial charge in [0.15, 0.2) is 0 Å². The summed E-state index contributed by atoms with van der Waals surface area (Å²) in [4.78, 5) is 31.0. The van der Waals surface area contributed by atoms with Crippen molar-refractivity contribution < 1.29 is 17.9 Å². The minimum atomic E-state index is -3.32. The van der Waals surface area contributed by atoms with E-state index >= 15 is 0 Å². The molecule has 10 nitrogen and oxygen atoms in total. The van der Waals surface area contributed by atoms with Gasteiger partial charge >= 0.3 is 0 Å². The molecule has 3 aromatic rings. The number of carbonyl (C=O) groups excluding carboxylic acids is 1. The number of nitrogens with one attached hydrogen (secondary N) is 2. The molecule has 0 unspecified atom stereocenters. The molecule has 0 aliphatic carbocycles. The molecular formula is C31H43N5O5S. The van der Waals surface area contributed by atoms with Crippen molar-refractivity contribution in [2.24, 2.45) is 5.92 Å². The molecule has 42 heavy (non-hydrogen) atoms. The number of aromatic nitrogens is 2. The van der Waals surface area contributed by atoms with E-state index in [1.807, 2.05) is 51.1 Å². The highest BCUT2D eigenvalue weighted by molar-refractivity contribution is 7.89. The molecule has 0 bridgehead atoms. The van der Waals surface area contributed by atoms with Gasteiger partial charge in [0.05, 0.1) is 24.5 Å². The maximum atomic E-state index is 13.6. The third-order valence-corrected chi connectivity index (χ3v) is 10.9. The van der Waals surface area contributed by atoms with Crippen molar-refractivity contribution >= 4 is 26.8 Å². The summed E-state index contributed by atoms with van der Waals surface area (Å²) >= 11 is 0. The minimum Gasteiger partial charge on any atom is -0.379 e. The number of hydrogen-bond acceptors (Lipinski definition) is 6. The Balaban J connectivity index is 1.29. The van der Waals surface area contributed by atoms with E-state index in [1.165, 1.54) is 0 Å². The first-order valence-corrected chi connectivity index (χ1v) is 16.5. The maximum Gasteiger partial charge on any atom is 0.254 e. The van der Waals surface area contributed by atoms with Gasteiger partial charge in [-0.2, -0.15) is 0 Å². The van der Waals surface area contributed by atoms with Crippen LogP contribution in [0.5, 0.6) is 0 Å². The van der Waals surface area contributed by atoms with Gasteiger partial charge in [-0.15, -0.1) is 0 Å². The molecule has 2 saturated heterocycles. The van der Waals surface area contributed by atoms with E-state index in [0.717, 1.165) is 53.8 Å². The zero-order chi connectivity index (χ0) is 30.0. The van der Waals surface area contributed by atoms with E-state index in [0.29, 0.717) is 44.0 Å². The van der Waals surface area contributed by atoms with E-state index in [2.05, 4.69) is 26.7 Å².